The number of carboxylic acid groups (broad SMARTS) is 1. The van der Waals surface area contributed by atoms with E-state index in [0.717, 1.165) is 11.3 Å². The Morgan fingerprint density at radius 3 is 2.64 bits per heavy atom. The zero-order chi connectivity index (χ0) is 28.8. The third-order valence-corrected chi connectivity index (χ3v) is 15.2. The second-order valence-corrected chi connectivity index (χ2v) is 19.8. The lowest BCUT2D eigenvalue weighted by atomic mass is 9.45. The van der Waals surface area contributed by atoms with Crippen LogP contribution in [0.3, 0.4) is 0 Å². The minimum absolute atomic E-state index is 0.00449. The van der Waals surface area contributed by atoms with Crippen molar-refractivity contribution >= 4 is 38.6 Å². The first kappa shape index (κ1) is 30.5. The van der Waals surface area contributed by atoms with Crippen molar-refractivity contribution in [3.63, 3.8) is 0 Å². The predicted octanol–water partition coefficient (Wildman–Crippen LogP) is 5.85. The zero-order valence-electron chi connectivity index (χ0n) is 24.8. The molecule has 2 N–H and O–H groups in total. The van der Waals surface area contributed by atoms with Gasteiger partial charge in [0.05, 0.1) is 36.6 Å². The minimum Gasteiger partial charge on any atom is -0.481 e. The summed E-state index contributed by atoms with van der Waals surface area (Å²) in [4.78, 5) is 25.7. The Labute approximate surface area is 239 Å². The molecule has 3 saturated carbocycles. The van der Waals surface area contributed by atoms with E-state index in [1.165, 1.54) is 6.42 Å². The maximum Gasteiger partial charge on any atom is 0.482 e. The highest BCUT2D eigenvalue weighted by Crippen LogP contribution is 2.64. The SMILES string of the molecule is CC1(C)[C@@H]2C[C@H]1[C@H]1OB([C@@H](CC=CC(CC(=O)O)O[Si](C)(C)C(C)(C)C)NC(=O)Cc3cccs3)O[C@@]1(C)C2. The van der Waals surface area contributed by atoms with Crippen LogP contribution in [0.4, 0.5) is 0 Å². The lowest BCUT2D eigenvalue weighted by molar-refractivity contribution is -0.185. The Balaban J connectivity index is 1.50. The van der Waals surface area contributed by atoms with E-state index >= 15 is 0 Å². The third-order valence-electron chi connectivity index (χ3n) is 9.79. The molecule has 0 radical (unpaired) electrons. The molecule has 1 aliphatic heterocycles. The van der Waals surface area contributed by atoms with Crippen LogP contribution in [0.25, 0.3) is 0 Å². The average Bonchev–Trinajstić information content (AvgIpc) is 3.43. The molecule has 0 spiro atoms. The van der Waals surface area contributed by atoms with Crippen LogP contribution in [0.15, 0.2) is 29.7 Å². The molecule has 1 unspecified atom stereocenters. The molecule has 4 fully saturated rings. The van der Waals surface area contributed by atoms with Gasteiger partial charge in [0.25, 0.3) is 0 Å². The number of aliphatic carboxylic acids is 1. The Hall–Kier alpha value is -1.46. The number of carbonyl (C=O) groups is 2. The summed E-state index contributed by atoms with van der Waals surface area (Å²) in [6, 6.07) is 3.91. The highest BCUT2D eigenvalue weighted by molar-refractivity contribution is 7.10. The number of hydrogen-bond acceptors (Lipinski definition) is 6. The third kappa shape index (κ3) is 6.56. The Bertz CT molecular complexity index is 1070. The molecular weight excluding hydrogens is 529 g/mol. The molecule has 39 heavy (non-hydrogen) atoms. The quantitative estimate of drug-likeness (QED) is 0.254. The molecule has 3 aliphatic carbocycles. The van der Waals surface area contributed by atoms with E-state index in [9.17, 15) is 14.7 Å². The molecule has 2 heterocycles. The summed E-state index contributed by atoms with van der Waals surface area (Å²) < 4.78 is 19.6. The van der Waals surface area contributed by atoms with Crippen molar-refractivity contribution in [3.05, 3.63) is 34.5 Å². The summed E-state index contributed by atoms with van der Waals surface area (Å²) in [6.07, 6.45) is 6.03. The largest absolute Gasteiger partial charge is 0.482 e. The van der Waals surface area contributed by atoms with Gasteiger partial charge in [-0.2, -0.15) is 0 Å². The molecule has 4 aliphatic rings. The van der Waals surface area contributed by atoms with Crippen molar-refractivity contribution in [2.24, 2.45) is 17.3 Å². The summed E-state index contributed by atoms with van der Waals surface area (Å²) in [5.74, 6) is -0.295. The number of carboxylic acids is 1. The molecule has 6 atom stereocenters. The van der Waals surface area contributed by atoms with Crippen molar-refractivity contribution < 1.29 is 28.4 Å². The molecular formula is C29H46BNO6SSi. The fraction of sp³-hybridized carbons (Fsp3) is 0.724. The van der Waals surface area contributed by atoms with Crippen LogP contribution in [0.1, 0.15) is 72.1 Å². The number of nitrogens with one attached hydrogen (secondary N) is 1. The molecule has 1 amide bonds. The molecule has 7 nitrogen and oxygen atoms in total. The highest BCUT2D eigenvalue weighted by Gasteiger charge is 2.67. The second-order valence-electron chi connectivity index (χ2n) is 14.0. The molecule has 1 aromatic rings. The van der Waals surface area contributed by atoms with Gasteiger partial charge in [0, 0.05) is 4.88 Å². The minimum atomic E-state index is -2.18. The summed E-state index contributed by atoms with van der Waals surface area (Å²) in [5, 5.41) is 14.6. The molecule has 1 aromatic heterocycles. The summed E-state index contributed by atoms with van der Waals surface area (Å²) >= 11 is 1.56. The summed E-state index contributed by atoms with van der Waals surface area (Å²) in [6.45, 7) is 17.5. The lowest BCUT2D eigenvalue weighted by Gasteiger charge is -2.63. The molecule has 0 aromatic carbocycles. The summed E-state index contributed by atoms with van der Waals surface area (Å²) in [7, 11) is -2.74. The van der Waals surface area contributed by atoms with Gasteiger partial charge < -0.3 is 24.2 Å². The molecule has 2 bridgehead atoms. The van der Waals surface area contributed by atoms with Gasteiger partial charge in [-0.05, 0) is 73.0 Å². The van der Waals surface area contributed by atoms with Gasteiger partial charge in [-0.3, -0.25) is 9.59 Å². The van der Waals surface area contributed by atoms with E-state index in [-0.39, 0.29) is 34.5 Å². The van der Waals surface area contributed by atoms with Crippen molar-refractivity contribution in [1.82, 2.24) is 5.32 Å². The highest BCUT2D eigenvalue weighted by atomic mass is 32.1. The molecule has 216 valence electrons. The van der Waals surface area contributed by atoms with Gasteiger partial charge in [-0.15, -0.1) is 11.3 Å². The molecule has 1 saturated heterocycles. The fourth-order valence-electron chi connectivity index (χ4n) is 6.24. The van der Waals surface area contributed by atoms with E-state index in [2.05, 4.69) is 60.0 Å². The van der Waals surface area contributed by atoms with Crippen molar-refractivity contribution in [3.8, 4) is 0 Å². The van der Waals surface area contributed by atoms with Gasteiger partial charge in [0.15, 0.2) is 8.32 Å². The van der Waals surface area contributed by atoms with Gasteiger partial charge in [0.2, 0.25) is 5.91 Å². The van der Waals surface area contributed by atoms with Crippen LogP contribution < -0.4 is 5.32 Å². The van der Waals surface area contributed by atoms with Crippen LogP contribution in [-0.2, 0) is 29.7 Å². The van der Waals surface area contributed by atoms with Crippen LogP contribution in [0.2, 0.25) is 18.1 Å². The van der Waals surface area contributed by atoms with Crippen LogP contribution in [0, 0.1) is 17.3 Å². The molecule has 10 heteroatoms. The topological polar surface area (TPSA) is 94.1 Å². The predicted molar refractivity (Wildman–Crippen MR) is 158 cm³/mol. The first-order valence-electron chi connectivity index (χ1n) is 14.2. The van der Waals surface area contributed by atoms with Crippen LogP contribution in [0.5, 0.6) is 0 Å². The van der Waals surface area contributed by atoms with E-state index in [1.807, 2.05) is 29.7 Å². The fourth-order valence-corrected chi connectivity index (χ4v) is 8.21. The normalized spacial score (nSPS) is 29.5. The van der Waals surface area contributed by atoms with E-state index in [1.54, 1.807) is 11.3 Å². The van der Waals surface area contributed by atoms with Crippen molar-refractivity contribution in [1.29, 1.82) is 0 Å². The Kier molecular flexibility index (Phi) is 8.67. The van der Waals surface area contributed by atoms with E-state index in [0.29, 0.717) is 24.7 Å². The summed E-state index contributed by atoms with van der Waals surface area (Å²) in [5.41, 5.74) is -0.114. The average molecular weight is 576 g/mol. The number of hydrogen-bond donors (Lipinski definition) is 2. The monoisotopic (exact) mass is 575 g/mol. The molecule has 5 rings (SSSR count). The van der Waals surface area contributed by atoms with Crippen LogP contribution >= 0.6 is 11.3 Å². The maximum absolute atomic E-state index is 13.1. The Morgan fingerprint density at radius 2 is 2.05 bits per heavy atom. The van der Waals surface area contributed by atoms with Gasteiger partial charge in [0.1, 0.15) is 0 Å². The zero-order valence-corrected chi connectivity index (χ0v) is 26.6. The lowest BCUT2D eigenvalue weighted by Crippen LogP contribution is -2.63. The van der Waals surface area contributed by atoms with Crippen LogP contribution in [-0.4, -0.2) is 56.2 Å². The first-order valence-corrected chi connectivity index (χ1v) is 18.0. The van der Waals surface area contributed by atoms with Crippen molar-refractivity contribution in [2.75, 3.05) is 0 Å². The number of amides is 1. The number of thiophene rings is 1. The number of carbonyl (C=O) groups excluding carboxylic acids is 1. The van der Waals surface area contributed by atoms with E-state index < -0.39 is 33.5 Å². The number of rotatable bonds is 11. The smallest absolute Gasteiger partial charge is 0.481 e. The first-order chi connectivity index (χ1) is 18.0. The van der Waals surface area contributed by atoms with Gasteiger partial charge in [-0.1, -0.05) is 52.8 Å². The standard InChI is InChI=1S/C29H46BNO6SSi/c1-27(2,3)39(7,8)36-20(16-25(33)34)11-9-13-23(31-24(32)17-21-12-10-14-38-21)30-35-26-22-15-19(28(22,4)5)18-29(26,6)37-30/h9-12,14,19-20,22-23,26H,13,15-18H2,1-8H3,(H,31,32)(H,33,34)/t19-,20?,22+,23-,26-,29+/m1/s1. The van der Waals surface area contributed by atoms with E-state index in [4.69, 9.17) is 13.7 Å². The Morgan fingerprint density at radius 1 is 1.33 bits per heavy atom. The van der Waals surface area contributed by atoms with Gasteiger partial charge in [-0.25, -0.2) is 0 Å². The van der Waals surface area contributed by atoms with Gasteiger partial charge >= 0.3 is 13.1 Å². The second kappa shape index (κ2) is 11.1. The van der Waals surface area contributed by atoms with Crippen molar-refractivity contribution in [2.45, 2.75) is 116 Å². The maximum atomic E-state index is 13.1.